The maximum Gasteiger partial charge on any atom is 0.261 e. The Bertz CT molecular complexity index is 873. The standard InChI is InChI=1S/C20H18N2O4/c23-18(17-7-4-10-26-17)21-14-8-9-15-16(11-14)20(25)22(19(15)24)12-13-5-2-1-3-6-13/h1-3,5-6,8-9,11,17H,4,7,10,12H2,(H,21,23)/t17-/m1/s1. The van der Waals surface area contributed by atoms with Crippen LogP contribution in [-0.2, 0) is 16.1 Å². The number of rotatable bonds is 4. The van der Waals surface area contributed by atoms with Crippen LogP contribution in [0.3, 0.4) is 0 Å². The molecule has 1 saturated heterocycles. The van der Waals surface area contributed by atoms with E-state index in [4.69, 9.17) is 4.74 Å². The highest BCUT2D eigenvalue weighted by molar-refractivity contribution is 6.21. The van der Waals surface area contributed by atoms with Crippen molar-refractivity contribution in [1.82, 2.24) is 4.90 Å². The molecule has 0 radical (unpaired) electrons. The third-order valence-corrected chi connectivity index (χ3v) is 4.64. The summed E-state index contributed by atoms with van der Waals surface area (Å²) in [6, 6.07) is 14.2. The number of hydrogen-bond acceptors (Lipinski definition) is 4. The van der Waals surface area contributed by atoms with Gasteiger partial charge in [-0.05, 0) is 36.6 Å². The van der Waals surface area contributed by atoms with Gasteiger partial charge in [0.15, 0.2) is 0 Å². The Balaban J connectivity index is 1.53. The molecule has 1 N–H and O–H groups in total. The Hall–Kier alpha value is -2.99. The number of amides is 3. The van der Waals surface area contributed by atoms with Gasteiger partial charge in [0.1, 0.15) is 6.10 Å². The second-order valence-electron chi connectivity index (χ2n) is 6.43. The fourth-order valence-electron chi connectivity index (χ4n) is 3.29. The van der Waals surface area contributed by atoms with Gasteiger partial charge in [-0.3, -0.25) is 19.3 Å². The van der Waals surface area contributed by atoms with Gasteiger partial charge in [0.2, 0.25) is 0 Å². The average molecular weight is 350 g/mol. The summed E-state index contributed by atoms with van der Waals surface area (Å²) in [5.74, 6) is -0.881. The van der Waals surface area contributed by atoms with E-state index in [-0.39, 0.29) is 24.3 Å². The molecule has 6 heteroatoms. The summed E-state index contributed by atoms with van der Waals surface area (Å²) in [6.07, 6.45) is 1.11. The highest BCUT2D eigenvalue weighted by atomic mass is 16.5. The maximum absolute atomic E-state index is 12.7. The summed E-state index contributed by atoms with van der Waals surface area (Å²) in [5, 5.41) is 2.77. The van der Waals surface area contributed by atoms with Gasteiger partial charge in [-0.15, -0.1) is 0 Å². The van der Waals surface area contributed by atoms with E-state index in [0.717, 1.165) is 12.0 Å². The number of hydrogen-bond donors (Lipinski definition) is 1. The molecular formula is C20H18N2O4. The largest absolute Gasteiger partial charge is 0.368 e. The molecule has 2 aromatic rings. The van der Waals surface area contributed by atoms with Crippen LogP contribution in [0, 0.1) is 0 Å². The Labute approximate surface area is 150 Å². The minimum Gasteiger partial charge on any atom is -0.368 e. The zero-order chi connectivity index (χ0) is 18.1. The van der Waals surface area contributed by atoms with E-state index in [2.05, 4.69) is 5.32 Å². The van der Waals surface area contributed by atoms with Crippen molar-refractivity contribution in [2.45, 2.75) is 25.5 Å². The third kappa shape index (κ3) is 2.99. The maximum atomic E-state index is 12.7. The van der Waals surface area contributed by atoms with Crippen LogP contribution >= 0.6 is 0 Å². The van der Waals surface area contributed by atoms with E-state index in [9.17, 15) is 14.4 Å². The number of benzene rings is 2. The zero-order valence-electron chi connectivity index (χ0n) is 14.1. The lowest BCUT2D eigenvalue weighted by molar-refractivity contribution is -0.124. The molecule has 2 heterocycles. The molecule has 0 spiro atoms. The van der Waals surface area contributed by atoms with Crippen LogP contribution in [0.2, 0.25) is 0 Å². The topological polar surface area (TPSA) is 75.7 Å². The fraction of sp³-hybridized carbons (Fsp3) is 0.250. The van der Waals surface area contributed by atoms with Crippen molar-refractivity contribution in [2.24, 2.45) is 0 Å². The van der Waals surface area contributed by atoms with Gasteiger partial charge >= 0.3 is 0 Å². The van der Waals surface area contributed by atoms with Crippen LogP contribution in [0.5, 0.6) is 0 Å². The summed E-state index contributed by atoms with van der Waals surface area (Å²) >= 11 is 0. The summed E-state index contributed by atoms with van der Waals surface area (Å²) < 4.78 is 5.36. The minimum atomic E-state index is -0.449. The van der Waals surface area contributed by atoms with Gasteiger partial charge < -0.3 is 10.1 Å². The molecule has 1 fully saturated rings. The molecule has 3 amide bonds. The van der Waals surface area contributed by atoms with Crippen LogP contribution < -0.4 is 5.32 Å². The molecule has 4 rings (SSSR count). The molecule has 132 valence electrons. The second-order valence-corrected chi connectivity index (χ2v) is 6.43. The van der Waals surface area contributed by atoms with E-state index in [1.54, 1.807) is 18.2 Å². The van der Waals surface area contributed by atoms with Crippen molar-refractivity contribution in [2.75, 3.05) is 11.9 Å². The van der Waals surface area contributed by atoms with Crippen molar-refractivity contribution >= 4 is 23.4 Å². The average Bonchev–Trinajstić information content (AvgIpc) is 3.27. The summed E-state index contributed by atoms with van der Waals surface area (Å²) in [4.78, 5) is 38.6. The Kier molecular flexibility index (Phi) is 4.26. The number of imide groups is 1. The summed E-state index contributed by atoms with van der Waals surface area (Å²) in [7, 11) is 0. The van der Waals surface area contributed by atoms with Gasteiger partial charge in [-0.2, -0.15) is 0 Å². The van der Waals surface area contributed by atoms with Gasteiger partial charge in [0.05, 0.1) is 17.7 Å². The van der Waals surface area contributed by atoms with E-state index in [0.29, 0.717) is 29.8 Å². The first kappa shape index (κ1) is 16.5. The molecule has 2 aromatic carbocycles. The molecule has 6 nitrogen and oxygen atoms in total. The molecular weight excluding hydrogens is 332 g/mol. The van der Waals surface area contributed by atoms with Crippen molar-refractivity contribution in [3.8, 4) is 0 Å². The van der Waals surface area contributed by atoms with Crippen LogP contribution in [0.1, 0.15) is 39.1 Å². The van der Waals surface area contributed by atoms with Crippen LogP contribution in [0.4, 0.5) is 5.69 Å². The molecule has 0 saturated carbocycles. The molecule has 0 aliphatic carbocycles. The Morgan fingerprint density at radius 2 is 1.85 bits per heavy atom. The monoisotopic (exact) mass is 350 g/mol. The predicted octanol–water partition coefficient (Wildman–Crippen LogP) is 2.60. The number of nitrogens with zero attached hydrogens (tertiary/aromatic N) is 1. The van der Waals surface area contributed by atoms with E-state index >= 15 is 0 Å². The Morgan fingerprint density at radius 3 is 2.58 bits per heavy atom. The SMILES string of the molecule is O=C(Nc1ccc2c(c1)C(=O)N(Cc1ccccc1)C2=O)[C@H]1CCCO1. The van der Waals surface area contributed by atoms with E-state index in [1.165, 1.54) is 4.90 Å². The third-order valence-electron chi connectivity index (χ3n) is 4.64. The van der Waals surface area contributed by atoms with Gasteiger partial charge in [0.25, 0.3) is 17.7 Å². The quantitative estimate of drug-likeness (QED) is 0.860. The second kappa shape index (κ2) is 6.72. The van der Waals surface area contributed by atoms with Crippen LogP contribution in [0.25, 0.3) is 0 Å². The van der Waals surface area contributed by atoms with Crippen molar-refractivity contribution in [3.05, 3.63) is 65.2 Å². The predicted molar refractivity (Wildman–Crippen MR) is 94.7 cm³/mol. The molecule has 2 aliphatic rings. The molecule has 0 bridgehead atoms. The van der Waals surface area contributed by atoms with Crippen molar-refractivity contribution in [3.63, 3.8) is 0 Å². The molecule has 0 unspecified atom stereocenters. The Morgan fingerprint density at radius 1 is 1.08 bits per heavy atom. The van der Waals surface area contributed by atoms with Gasteiger partial charge in [0, 0.05) is 12.3 Å². The number of fused-ring (bicyclic) bond motifs is 1. The minimum absolute atomic E-state index is 0.222. The number of anilines is 1. The van der Waals surface area contributed by atoms with Crippen LogP contribution in [0.15, 0.2) is 48.5 Å². The van der Waals surface area contributed by atoms with Crippen molar-refractivity contribution in [1.29, 1.82) is 0 Å². The fourth-order valence-corrected chi connectivity index (χ4v) is 3.29. The first-order chi connectivity index (χ1) is 12.6. The normalized spacial score (nSPS) is 18.9. The van der Waals surface area contributed by atoms with Gasteiger partial charge in [-0.1, -0.05) is 30.3 Å². The molecule has 1 atom stereocenters. The highest BCUT2D eigenvalue weighted by Gasteiger charge is 2.35. The zero-order valence-corrected chi connectivity index (χ0v) is 14.1. The van der Waals surface area contributed by atoms with Gasteiger partial charge in [-0.25, -0.2) is 0 Å². The number of nitrogens with one attached hydrogen (secondary N) is 1. The smallest absolute Gasteiger partial charge is 0.261 e. The molecule has 0 aromatic heterocycles. The van der Waals surface area contributed by atoms with E-state index < -0.39 is 6.10 Å². The number of carbonyl (C=O) groups is 3. The summed E-state index contributed by atoms with van der Waals surface area (Å²) in [6.45, 7) is 0.814. The molecule has 2 aliphatic heterocycles. The lowest BCUT2D eigenvalue weighted by Crippen LogP contribution is -2.29. The first-order valence-electron chi connectivity index (χ1n) is 8.60. The highest BCUT2D eigenvalue weighted by Crippen LogP contribution is 2.27. The van der Waals surface area contributed by atoms with Crippen molar-refractivity contribution < 1.29 is 19.1 Å². The summed E-state index contributed by atoms with van der Waals surface area (Å²) in [5.41, 5.74) is 2.05. The lowest BCUT2D eigenvalue weighted by atomic mass is 10.1. The number of ether oxygens (including phenoxy) is 1. The van der Waals surface area contributed by atoms with Crippen LogP contribution in [-0.4, -0.2) is 35.3 Å². The first-order valence-corrected chi connectivity index (χ1v) is 8.60. The lowest BCUT2D eigenvalue weighted by Gasteiger charge is -2.13. The molecule has 26 heavy (non-hydrogen) atoms. The number of carbonyl (C=O) groups excluding carboxylic acids is 3. The van der Waals surface area contributed by atoms with E-state index in [1.807, 2.05) is 30.3 Å².